The second kappa shape index (κ2) is 8.03. The smallest absolute Gasteiger partial charge is 0.374 e. The van der Waals surface area contributed by atoms with E-state index in [0.717, 1.165) is 6.42 Å². The van der Waals surface area contributed by atoms with Crippen LogP contribution in [-0.4, -0.2) is 36.1 Å². The van der Waals surface area contributed by atoms with Crippen LogP contribution < -0.4 is 0 Å². The van der Waals surface area contributed by atoms with E-state index in [-0.39, 0.29) is 48.8 Å². The molecule has 0 saturated heterocycles. The third kappa shape index (κ3) is 3.32. The Morgan fingerprint density at radius 1 is 1.22 bits per heavy atom. The predicted molar refractivity (Wildman–Crippen MR) is 116 cm³/mol. The van der Waals surface area contributed by atoms with E-state index < -0.39 is 40.6 Å². The SMILES string of the molecule is CCCCOC(=O)C(=O)[C@H]1[C@H](C)C[C@H]2[C@@H]3C[C@H](F)C4=CC(=O)C=C[C@]4(C)[C@H]3C(=O)C[C@@]21C. The molecule has 0 aromatic heterocycles. The Bertz CT molecular complexity index is 919. The van der Waals surface area contributed by atoms with E-state index in [0.29, 0.717) is 18.4 Å². The summed E-state index contributed by atoms with van der Waals surface area (Å²) < 4.78 is 20.6. The number of allylic oxidation sites excluding steroid dienone is 4. The van der Waals surface area contributed by atoms with Gasteiger partial charge in [-0.15, -0.1) is 0 Å². The molecule has 3 fully saturated rings. The number of hydrogen-bond acceptors (Lipinski definition) is 5. The molecule has 0 bridgehead atoms. The number of hydrogen-bond donors (Lipinski definition) is 0. The fraction of sp³-hybridized carbons (Fsp3) is 0.692. The van der Waals surface area contributed by atoms with E-state index in [9.17, 15) is 19.2 Å². The summed E-state index contributed by atoms with van der Waals surface area (Å²) in [5, 5.41) is 0. The van der Waals surface area contributed by atoms with Crippen LogP contribution in [0.4, 0.5) is 4.39 Å². The first-order valence-electron chi connectivity index (χ1n) is 11.9. The van der Waals surface area contributed by atoms with Gasteiger partial charge in [0.05, 0.1) is 6.61 Å². The van der Waals surface area contributed by atoms with Crippen molar-refractivity contribution in [2.24, 2.45) is 40.4 Å². The second-order valence-corrected chi connectivity index (χ2v) is 10.8. The van der Waals surface area contributed by atoms with Gasteiger partial charge in [0.15, 0.2) is 5.78 Å². The summed E-state index contributed by atoms with van der Waals surface area (Å²) >= 11 is 0. The average molecular weight is 445 g/mol. The van der Waals surface area contributed by atoms with Gasteiger partial charge in [0.25, 0.3) is 0 Å². The Balaban J connectivity index is 1.66. The lowest BCUT2D eigenvalue weighted by atomic mass is 9.47. The number of esters is 1. The third-order valence-electron chi connectivity index (χ3n) is 8.79. The number of fused-ring (bicyclic) bond motifs is 5. The van der Waals surface area contributed by atoms with Crippen LogP contribution in [0.1, 0.15) is 59.8 Å². The number of Topliss-reactive ketones (excluding diaryl/α,β-unsaturated/α-hetero) is 2. The zero-order chi connectivity index (χ0) is 23.4. The van der Waals surface area contributed by atoms with E-state index in [4.69, 9.17) is 4.74 Å². The number of carbonyl (C=O) groups excluding carboxylic acids is 4. The van der Waals surface area contributed by atoms with Crippen LogP contribution >= 0.6 is 0 Å². The number of carbonyl (C=O) groups is 4. The first kappa shape index (κ1) is 23.1. The molecule has 0 amide bonds. The van der Waals surface area contributed by atoms with Gasteiger partial charge < -0.3 is 4.74 Å². The molecule has 6 heteroatoms. The van der Waals surface area contributed by atoms with Crippen LogP contribution in [0.15, 0.2) is 23.8 Å². The highest BCUT2D eigenvalue weighted by atomic mass is 19.1. The molecule has 4 rings (SSSR count). The van der Waals surface area contributed by atoms with E-state index >= 15 is 4.39 Å². The minimum absolute atomic E-state index is 0.000649. The van der Waals surface area contributed by atoms with E-state index in [1.807, 2.05) is 27.7 Å². The number of unbranched alkanes of at least 4 members (excludes halogenated alkanes) is 1. The molecule has 0 heterocycles. The molecule has 3 saturated carbocycles. The summed E-state index contributed by atoms with van der Waals surface area (Å²) in [6.07, 6.45) is 5.80. The lowest BCUT2D eigenvalue weighted by molar-refractivity contribution is -0.161. The third-order valence-corrected chi connectivity index (χ3v) is 8.79. The van der Waals surface area contributed by atoms with Crippen molar-refractivity contribution in [3.05, 3.63) is 23.8 Å². The molecule has 174 valence electrons. The van der Waals surface area contributed by atoms with Crippen molar-refractivity contribution in [2.75, 3.05) is 6.61 Å². The van der Waals surface area contributed by atoms with Gasteiger partial charge in [-0.3, -0.25) is 14.4 Å². The Morgan fingerprint density at radius 2 is 1.94 bits per heavy atom. The largest absolute Gasteiger partial charge is 0.460 e. The molecular weight excluding hydrogens is 411 g/mol. The molecule has 0 aromatic rings. The van der Waals surface area contributed by atoms with Crippen molar-refractivity contribution >= 4 is 23.3 Å². The molecular formula is C26H33FO5. The summed E-state index contributed by atoms with van der Waals surface area (Å²) in [5.74, 6) is -2.98. The quantitative estimate of drug-likeness (QED) is 0.361. The molecule has 8 atom stereocenters. The molecule has 0 spiro atoms. The summed E-state index contributed by atoms with van der Waals surface area (Å²) in [4.78, 5) is 51.1. The highest BCUT2D eigenvalue weighted by Crippen LogP contribution is 2.66. The van der Waals surface area contributed by atoms with E-state index in [2.05, 4.69) is 0 Å². The molecule has 4 aliphatic carbocycles. The number of halogens is 1. The second-order valence-electron chi connectivity index (χ2n) is 10.8. The minimum Gasteiger partial charge on any atom is -0.460 e. The number of ether oxygens (including phenoxy) is 1. The molecule has 0 N–H and O–H groups in total. The normalized spacial score (nSPS) is 42.6. The van der Waals surface area contributed by atoms with Crippen molar-refractivity contribution in [1.82, 2.24) is 0 Å². The van der Waals surface area contributed by atoms with Gasteiger partial charge in [0.1, 0.15) is 12.0 Å². The Morgan fingerprint density at radius 3 is 2.62 bits per heavy atom. The fourth-order valence-electron chi connectivity index (χ4n) is 7.48. The van der Waals surface area contributed by atoms with E-state index in [1.165, 1.54) is 12.2 Å². The summed E-state index contributed by atoms with van der Waals surface area (Å²) in [6.45, 7) is 7.93. The van der Waals surface area contributed by atoms with Crippen molar-refractivity contribution in [3.8, 4) is 0 Å². The summed E-state index contributed by atoms with van der Waals surface area (Å²) in [6, 6.07) is 0. The standard InChI is InChI=1S/C26H33FO5/c1-5-6-9-32-24(31)23(30)21-14(2)10-17-16-12-19(27)18-11-15(28)7-8-25(18,3)22(16)20(29)13-26(17,21)4/h7-8,11,14,16-17,19,21-22H,5-6,9-10,12-13H2,1-4H3/t14-,16+,17+,19+,21-,22-,25+,26+/m1/s1. The summed E-state index contributed by atoms with van der Waals surface area (Å²) in [5.41, 5.74) is -1.11. The first-order chi connectivity index (χ1) is 15.0. The van der Waals surface area contributed by atoms with Crippen molar-refractivity contribution in [2.45, 2.75) is 66.0 Å². The minimum atomic E-state index is -1.30. The molecule has 0 aromatic carbocycles. The maximum atomic E-state index is 15.4. The van der Waals surface area contributed by atoms with Crippen LogP contribution in [0.25, 0.3) is 0 Å². The van der Waals surface area contributed by atoms with Gasteiger partial charge in [-0.25, -0.2) is 9.18 Å². The van der Waals surface area contributed by atoms with E-state index in [1.54, 1.807) is 6.08 Å². The van der Waals surface area contributed by atoms with Gasteiger partial charge >= 0.3 is 5.97 Å². The van der Waals surface area contributed by atoms with Gasteiger partial charge in [-0.2, -0.15) is 0 Å². The number of alkyl halides is 1. The van der Waals surface area contributed by atoms with Gasteiger partial charge in [-0.05, 0) is 60.2 Å². The fourth-order valence-corrected chi connectivity index (χ4v) is 7.48. The Labute approximate surface area is 188 Å². The lowest BCUT2D eigenvalue weighted by Gasteiger charge is -2.56. The molecule has 4 aliphatic rings. The molecule has 0 aliphatic heterocycles. The monoisotopic (exact) mass is 444 g/mol. The molecule has 0 unspecified atom stereocenters. The maximum absolute atomic E-state index is 15.4. The Kier molecular flexibility index (Phi) is 5.79. The number of ketones is 3. The van der Waals surface area contributed by atoms with Crippen LogP contribution in [-0.2, 0) is 23.9 Å². The topological polar surface area (TPSA) is 77.5 Å². The predicted octanol–water partition coefficient (Wildman–Crippen LogP) is 4.20. The van der Waals surface area contributed by atoms with Gasteiger partial charge in [0.2, 0.25) is 5.78 Å². The highest BCUT2D eigenvalue weighted by molar-refractivity contribution is 6.34. The van der Waals surface area contributed by atoms with Crippen LogP contribution in [0.2, 0.25) is 0 Å². The molecule has 5 nitrogen and oxygen atoms in total. The zero-order valence-corrected chi connectivity index (χ0v) is 19.4. The summed E-state index contributed by atoms with van der Waals surface area (Å²) in [7, 11) is 0. The van der Waals surface area contributed by atoms with Gasteiger partial charge in [-0.1, -0.05) is 40.2 Å². The Hall–Kier alpha value is -2.11. The van der Waals surface area contributed by atoms with Crippen LogP contribution in [0.5, 0.6) is 0 Å². The molecule has 32 heavy (non-hydrogen) atoms. The molecule has 0 radical (unpaired) electrons. The average Bonchev–Trinajstić information content (AvgIpc) is 2.98. The number of rotatable bonds is 5. The van der Waals surface area contributed by atoms with Gasteiger partial charge in [0, 0.05) is 23.7 Å². The van der Waals surface area contributed by atoms with Crippen molar-refractivity contribution in [1.29, 1.82) is 0 Å². The zero-order valence-electron chi connectivity index (χ0n) is 19.4. The van der Waals surface area contributed by atoms with Crippen molar-refractivity contribution in [3.63, 3.8) is 0 Å². The maximum Gasteiger partial charge on any atom is 0.374 e. The van der Waals surface area contributed by atoms with Crippen LogP contribution in [0, 0.1) is 40.4 Å². The van der Waals surface area contributed by atoms with Crippen molar-refractivity contribution < 1.29 is 28.3 Å². The lowest BCUT2D eigenvalue weighted by Crippen LogP contribution is -2.57. The van der Waals surface area contributed by atoms with Crippen LogP contribution in [0.3, 0.4) is 0 Å². The first-order valence-corrected chi connectivity index (χ1v) is 11.9. The highest BCUT2D eigenvalue weighted by Gasteiger charge is 2.66.